The first-order chi connectivity index (χ1) is 7.51. The van der Waals surface area contributed by atoms with Gasteiger partial charge in [-0.05, 0) is 45.2 Å². The molecule has 0 amide bonds. The lowest BCUT2D eigenvalue weighted by atomic mass is 10.3. The van der Waals surface area contributed by atoms with Gasteiger partial charge in [-0.2, -0.15) is 0 Å². The van der Waals surface area contributed by atoms with Crippen LogP contribution in [-0.4, -0.2) is 20.2 Å². The Balaban J connectivity index is 3.36. The molecule has 0 aromatic heterocycles. The largest absolute Gasteiger partial charge is 0.495 e. The Kier molecular flexibility index (Phi) is 5.09. The van der Waals surface area contributed by atoms with E-state index in [-0.39, 0.29) is 5.97 Å². The molecule has 1 rings (SSSR count). The van der Waals surface area contributed by atoms with Crippen LogP contribution in [0.15, 0.2) is 6.07 Å². The molecule has 0 spiro atoms. The molecule has 0 bridgehead atoms. The van der Waals surface area contributed by atoms with Crippen LogP contribution in [0.25, 0.3) is 0 Å². The van der Waals surface area contributed by atoms with E-state index in [0.29, 0.717) is 17.2 Å². The molecule has 0 aliphatic carbocycles. The zero-order chi connectivity index (χ0) is 12.3. The molecule has 0 unspecified atom stereocenters. The number of hydrogen-bond donors (Lipinski definition) is 0. The van der Waals surface area contributed by atoms with Crippen molar-refractivity contribution in [1.29, 1.82) is 0 Å². The minimum Gasteiger partial charge on any atom is -0.495 e. The monoisotopic (exact) mass is 448 g/mol. The molecule has 88 valence electrons. The van der Waals surface area contributed by atoms with Gasteiger partial charge in [-0.15, -0.1) is 0 Å². The minimum atomic E-state index is -0.369. The molecule has 1 aromatic rings. The van der Waals surface area contributed by atoms with Crippen LogP contribution in [0.3, 0.4) is 0 Å². The number of benzene rings is 1. The van der Waals surface area contributed by atoms with Crippen LogP contribution in [0.5, 0.6) is 17.2 Å². The van der Waals surface area contributed by atoms with Gasteiger partial charge in [-0.3, -0.25) is 4.79 Å². The van der Waals surface area contributed by atoms with Crippen LogP contribution < -0.4 is 14.2 Å². The summed E-state index contributed by atoms with van der Waals surface area (Å²) >= 11 is 4.14. The number of esters is 1. The van der Waals surface area contributed by atoms with Crippen molar-refractivity contribution >= 4 is 51.2 Å². The van der Waals surface area contributed by atoms with Gasteiger partial charge in [-0.25, -0.2) is 0 Å². The van der Waals surface area contributed by atoms with Crippen LogP contribution >= 0.6 is 45.2 Å². The molecular formula is C10H10I2O4. The van der Waals surface area contributed by atoms with E-state index in [1.807, 2.05) is 0 Å². The van der Waals surface area contributed by atoms with Gasteiger partial charge in [0, 0.05) is 13.0 Å². The molecular weight excluding hydrogens is 438 g/mol. The van der Waals surface area contributed by atoms with Crippen molar-refractivity contribution < 1.29 is 19.0 Å². The zero-order valence-corrected chi connectivity index (χ0v) is 13.3. The highest BCUT2D eigenvalue weighted by Crippen LogP contribution is 2.40. The lowest BCUT2D eigenvalue weighted by molar-refractivity contribution is -0.132. The lowest BCUT2D eigenvalue weighted by Crippen LogP contribution is -2.06. The minimum absolute atomic E-state index is 0.369. The van der Waals surface area contributed by atoms with Crippen molar-refractivity contribution in [3.05, 3.63) is 13.2 Å². The third kappa shape index (κ3) is 2.90. The van der Waals surface area contributed by atoms with Gasteiger partial charge >= 0.3 is 5.97 Å². The molecule has 0 heterocycles. The summed E-state index contributed by atoms with van der Waals surface area (Å²) in [6.45, 7) is 1.36. The average molecular weight is 448 g/mol. The van der Waals surface area contributed by atoms with E-state index >= 15 is 0 Å². The molecule has 0 aliphatic rings. The Morgan fingerprint density at radius 2 is 1.56 bits per heavy atom. The number of rotatable bonds is 3. The Hall–Kier alpha value is -0.250. The van der Waals surface area contributed by atoms with E-state index in [1.165, 1.54) is 6.92 Å². The van der Waals surface area contributed by atoms with E-state index in [9.17, 15) is 4.79 Å². The predicted octanol–water partition coefficient (Wildman–Crippen LogP) is 2.84. The van der Waals surface area contributed by atoms with Crippen molar-refractivity contribution in [3.8, 4) is 17.2 Å². The maximum absolute atomic E-state index is 11.0. The van der Waals surface area contributed by atoms with Crippen molar-refractivity contribution in [2.75, 3.05) is 14.2 Å². The molecule has 4 nitrogen and oxygen atoms in total. The molecule has 6 heteroatoms. The highest BCUT2D eigenvalue weighted by molar-refractivity contribution is 14.1. The summed E-state index contributed by atoms with van der Waals surface area (Å²) < 4.78 is 17.0. The standard InChI is InChI=1S/C10H10I2O4/c1-5(13)16-10-8(11)6(14-2)4-7(15-3)9(10)12/h4H,1-3H3. The number of carbonyl (C=O) groups excluding carboxylic acids is 1. The summed E-state index contributed by atoms with van der Waals surface area (Å²) in [7, 11) is 3.11. The summed E-state index contributed by atoms with van der Waals surface area (Å²) in [6.07, 6.45) is 0. The maximum Gasteiger partial charge on any atom is 0.308 e. The summed E-state index contributed by atoms with van der Waals surface area (Å²) in [5.74, 6) is 1.35. The maximum atomic E-state index is 11.0. The van der Waals surface area contributed by atoms with Gasteiger partial charge in [0.2, 0.25) is 0 Å². The third-order valence-corrected chi connectivity index (χ3v) is 3.82. The Bertz CT molecular complexity index is 390. The van der Waals surface area contributed by atoms with Gasteiger partial charge in [0.1, 0.15) is 11.5 Å². The van der Waals surface area contributed by atoms with Gasteiger partial charge in [0.25, 0.3) is 0 Å². The quantitative estimate of drug-likeness (QED) is 0.406. The highest BCUT2D eigenvalue weighted by atomic mass is 127. The number of hydrogen-bond acceptors (Lipinski definition) is 4. The molecule has 0 radical (unpaired) electrons. The van der Waals surface area contributed by atoms with Gasteiger partial charge in [-0.1, -0.05) is 0 Å². The highest BCUT2D eigenvalue weighted by Gasteiger charge is 2.18. The third-order valence-electron chi connectivity index (χ3n) is 1.78. The van der Waals surface area contributed by atoms with Crippen LogP contribution in [0.1, 0.15) is 6.92 Å². The fraction of sp³-hybridized carbons (Fsp3) is 0.300. The van der Waals surface area contributed by atoms with Gasteiger partial charge < -0.3 is 14.2 Å². The van der Waals surface area contributed by atoms with E-state index in [0.717, 1.165) is 7.14 Å². The number of carbonyl (C=O) groups is 1. The second-order valence-electron chi connectivity index (χ2n) is 2.83. The predicted molar refractivity (Wildman–Crippen MR) is 76.3 cm³/mol. The first kappa shape index (κ1) is 13.8. The van der Waals surface area contributed by atoms with Crippen molar-refractivity contribution in [3.63, 3.8) is 0 Å². The summed E-state index contributed by atoms with van der Waals surface area (Å²) in [6, 6.07) is 1.76. The van der Waals surface area contributed by atoms with E-state index < -0.39 is 0 Å². The molecule has 1 aromatic carbocycles. The first-order valence-electron chi connectivity index (χ1n) is 4.29. The number of halogens is 2. The zero-order valence-electron chi connectivity index (χ0n) is 8.97. The van der Waals surface area contributed by atoms with Gasteiger partial charge in [0.05, 0.1) is 21.4 Å². The van der Waals surface area contributed by atoms with Crippen LogP contribution in [0.4, 0.5) is 0 Å². The lowest BCUT2D eigenvalue weighted by Gasteiger charge is -2.13. The Morgan fingerprint density at radius 3 is 1.88 bits per heavy atom. The molecule has 0 saturated heterocycles. The van der Waals surface area contributed by atoms with E-state index in [2.05, 4.69) is 45.2 Å². The van der Waals surface area contributed by atoms with Gasteiger partial charge in [0.15, 0.2) is 5.75 Å². The Morgan fingerprint density at radius 1 is 1.12 bits per heavy atom. The summed E-state index contributed by atoms with van der Waals surface area (Å²) in [5, 5.41) is 0. The van der Waals surface area contributed by atoms with Crippen LogP contribution in [0.2, 0.25) is 0 Å². The second-order valence-corrected chi connectivity index (χ2v) is 4.99. The normalized spacial score (nSPS) is 9.81. The molecule has 16 heavy (non-hydrogen) atoms. The second kappa shape index (κ2) is 5.89. The number of ether oxygens (including phenoxy) is 3. The molecule has 0 fully saturated rings. The molecule has 0 saturated carbocycles. The van der Waals surface area contributed by atoms with Crippen molar-refractivity contribution in [2.45, 2.75) is 6.92 Å². The fourth-order valence-corrected chi connectivity index (χ4v) is 3.12. The topological polar surface area (TPSA) is 44.8 Å². The molecule has 0 atom stereocenters. The molecule has 0 N–H and O–H groups in total. The van der Waals surface area contributed by atoms with Crippen molar-refractivity contribution in [1.82, 2.24) is 0 Å². The van der Waals surface area contributed by atoms with Crippen molar-refractivity contribution in [2.24, 2.45) is 0 Å². The van der Waals surface area contributed by atoms with E-state index in [4.69, 9.17) is 14.2 Å². The fourth-order valence-electron chi connectivity index (χ4n) is 1.10. The smallest absolute Gasteiger partial charge is 0.308 e. The van der Waals surface area contributed by atoms with E-state index in [1.54, 1.807) is 20.3 Å². The van der Waals surface area contributed by atoms with Crippen LogP contribution in [-0.2, 0) is 4.79 Å². The SMILES string of the molecule is COc1cc(OC)c(I)c(OC(C)=O)c1I. The summed E-state index contributed by atoms with van der Waals surface area (Å²) in [4.78, 5) is 11.0. The first-order valence-corrected chi connectivity index (χ1v) is 6.45. The van der Waals surface area contributed by atoms with Crippen LogP contribution in [0, 0.1) is 7.14 Å². The molecule has 0 aliphatic heterocycles. The summed E-state index contributed by atoms with van der Waals surface area (Å²) in [5.41, 5.74) is 0. The average Bonchev–Trinajstić information content (AvgIpc) is 2.24. The number of methoxy groups -OCH3 is 2. The Labute approximate surface area is 121 Å².